The van der Waals surface area contributed by atoms with Crippen LogP contribution in [0.4, 0.5) is 5.69 Å². The molecule has 0 radical (unpaired) electrons. The van der Waals surface area contributed by atoms with E-state index in [1.807, 2.05) is 69.4 Å². The van der Waals surface area contributed by atoms with E-state index in [0.29, 0.717) is 25.3 Å². The first-order valence-electron chi connectivity index (χ1n) is 20.4. The summed E-state index contributed by atoms with van der Waals surface area (Å²) >= 11 is 5.30. The Hall–Kier alpha value is -4.04. The molecule has 5 aromatic carbocycles. The number of aryl methyl sites for hydroxylation is 5. The van der Waals surface area contributed by atoms with Crippen LogP contribution in [0.1, 0.15) is 83.3 Å². The van der Waals surface area contributed by atoms with E-state index < -0.39 is 10.1 Å². The molecule has 0 saturated carbocycles. The summed E-state index contributed by atoms with van der Waals surface area (Å²) in [6.07, 6.45) is 5.24. The number of aliphatic hydroxyl groups excluding tert-OH is 1. The molecule has 1 aromatic heterocycles. The van der Waals surface area contributed by atoms with Gasteiger partial charge in [-0.25, -0.2) is 0 Å². The van der Waals surface area contributed by atoms with Gasteiger partial charge in [-0.05, 0) is 151 Å². The van der Waals surface area contributed by atoms with Crippen molar-refractivity contribution in [3.8, 4) is 0 Å². The van der Waals surface area contributed by atoms with Crippen molar-refractivity contribution < 1.29 is 36.1 Å². The Kier molecular flexibility index (Phi) is 19.2. The Labute approximate surface area is 408 Å². The molecule has 0 fully saturated rings. The maximum absolute atomic E-state index is 10.9. The minimum atomic E-state index is -4.02. The fraction of sp³-hybridized carbons (Fsp3) is 0.255. The molecule has 0 aliphatic carbocycles. The third-order valence-corrected chi connectivity index (χ3v) is 11.4. The number of hydrogen-bond donors (Lipinski definition) is 3. The minimum absolute atomic E-state index is 0.0666. The van der Waals surface area contributed by atoms with Crippen LogP contribution in [0.25, 0.3) is 10.9 Å². The summed E-state index contributed by atoms with van der Waals surface area (Å²) < 4.78 is 29.6. The van der Waals surface area contributed by atoms with Gasteiger partial charge in [0.15, 0.2) is 6.29 Å². The van der Waals surface area contributed by atoms with Crippen LogP contribution in [0.15, 0.2) is 142 Å². The van der Waals surface area contributed by atoms with Gasteiger partial charge in [0.1, 0.15) is 0 Å². The zero-order valence-corrected chi connectivity index (χ0v) is 44.9. The Bertz CT molecular complexity index is 2800. The zero-order chi connectivity index (χ0) is 47.4. The number of fused-ring (bicyclic) bond motifs is 3. The van der Waals surface area contributed by atoms with Crippen LogP contribution in [0.2, 0.25) is 0 Å². The standard InChI is InChI=1S/C22H22N2.C14H15NO2.C8H11N.C7H8O3S.I3/c1-14-9-17-11-18(13-23-20(17)10-15(14)2)21-19-8-6-5-7-16(19)12-22(3,4)24-21;1-14(2)7-10-5-3-4-6-12(10)13(15-14)11(8-16)9-17;1-6-3-4-8(9)5-7(6)2;1-6-2-4-7(5-3-6)11(8,9)10;1-3-2/h5-11,13H,12H2,1-4H3;3-6,8-9,16H,7H2,1-2H3;3-5H,9H2,1-2H3;2-5H,1H3,(H,8,9,10);/q;;;;-1. The number of benzene rings is 5. The topological polar surface area (TPSA) is 155 Å². The first-order chi connectivity index (χ1) is 30.1. The van der Waals surface area contributed by atoms with Gasteiger partial charge in [-0.15, -0.1) is 0 Å². The number of rotatable bonds is 4. The number of pyridine rings is 1. The molecule has 4 N–H and O–H groups in total. The molecule has 2 aliphatic rings. The van der Waals surface area contributed by atoms with Gasteiger partial charge in [-0.3, -0.25) is 24.3 Å². The van der Waals surface area contributed by atoms with E-state index in [4.69, 9.17) is 25.4 Å². The predicted molar refractivity (Wildman–Crippen MR) is 278 cm³/mol. The van der Waals surface area contributed by atoms with Gasteiger partial charge in [0.25, 0.3) is 10.1 Å². The number of allylic oxidation sites excluding steroid dienone is 1. The number of aldehydes is 1. The number of nitrogens with two attached hydrogens (primary N) is 1. The Morgan fingerprint density at radius 2 is 1.25 bits per heavy atom. The van der Waals surface area contributed by atoms with Crippen LogP contribution in [0.3, 0.4) is 0 Å². The van der Waals surface area contributed by atoms with Crippen LogP contribution in [0, 0.1) is 34.6 Å². The molecule has 0 unspecified atom stereocenters. The number of carbonyl (C=O) groups excluding carboxylic acids is 1. The molecular weight excluding hydrogens is 1160 g/mol. The number of halogens is 3. The maximum atomic E-state index is 10.9. The average molecular weight is 1220 g/mol. The number of hydrogen-bond acceptors (Lipinski definition) is 8. The first-order valence-corrected chi connectivity index (χ1v) is 34.4. The van der Waals surface area contributed by atoms with Crippen molar-refractivity contribution in [2.45, 2.75) is 91.1 Å². The van der Waals surface area contributed by atoms with E-state index in [1.165, 1.54) is 50.9 Å². The predicted octanol–water partition coefficient (Wildman–Crippen LogP) is 9.38. The number of nitrogen functional groups attached to an aromatic ring is 1. The van der Waals surface area contributed by atoms with Crippen molar-refractivity contribution in [2.24, 2.45) is 9.98 Å². The molecule has 8 rings (SSSR count). The van der Waals surface area contributed by atoms with Crippen molar-refractivity contribution in [3.05, 3.63) is 183 Å². The number of carbonyl (C=O) groups is 1. The molecule has 0 bridgehead atoms. The third kappa shape index (κ3) is 15.0. The molecule has 0 atom stereocenters. The SMILES string of the molecule is CC1(C)Cc2ccccc2C(C(C=O)=CO)=N1.Cc1cc2cc(C3=NC(C)(C)Cc4ccccc43)cnc2cc1C.Cc1ccc(N)cc1C.Cc1ccc(S(=O)(=O)O)cc1.I[I-]I. The van der Waals surface area contributed by atoms with Crippen LogP contribution >= 0.6 is 37.2 Å². The van der Waals surface area contributed by atoms with Gasteiger partial charge < -0.3 is 10.8 Å². The first kappa shape index (κ1) is 52.6. The molecule has 2 aliphatic heterocycles. The van der Waals surface area contributed by atoms with E-state index in [9.17, 15) is 13.2 Å². The number of nitrogens with zero attached hydrogens (tertiary/aromatic N) is 3. The van der Waals surface area contributed by atoms with E-state index >= 15 is 0 Å². The van der Waals surface area contributed by atoms with Crippen molar-refractivity contribution >= 4 is 81.6 Å². The number of anilines is 1. The Balaban J connectivity index is 0.000000196. The fourth-order valence-corrected chi connectivity index (χ4v) is 7.61. The summed E-state index contributed by atoms with van der Waals surface area (Å²) in [5, 5.41) is 10.3. The summed E-state index contributed by atoms with van der Waals surface area (Å²) in [5.74, 6) is 0. The number of aromatic nitrogens is 1. The van der Waals surface area contributed by atoms with Gasteiger partial charge >= 0.3 is 50.5 Å². The molecule has 3 heterocycles. The summed E-state index contributed by atoms with van der Waals surface area (Å²) in [6, 6.07) is 35.0. The zero-order valence-electron chi connectivity index (χ0n) is 37.6. The second kappa shape index (κ2) is 23.4. The van der Waals surface area contributed by atoms with Gasteiger partial charge in [-0.2, -0.15) is 8.42 Å². The normalized spacial score (nSPS) is 14.5. The van der Waals surface area contributed by atoms with Crippen LogP contribution in [-0.2, 0) is 27.8 Å². The van der Waals surface area contributed by atoms with Gasteiger partial charge in [0.2, 0.25) is 0 Å². The van der Waals surface area contributed by atoms with Crippen molar-refractivity contribution in [2.75, 3.05) is 5.73 Å². The van der Waals surface area contributed by atoms with E-state index in [2.05, 4.69) is 126 Å². The van der Waals surface area contributed by atoms with Crippen molar-refractivity contribution in [3.63, 3.8) is 0 Å². The molecule has 64 heavy (non-hydrogen) atoms. The molecule has 0 spiro atoms. The van der Waals surface area contributed by atoms with Crippen LogP contribution in [0.5, 0.6) is 0 Å². The fourth-order valence-electron chi connectivity index (χ4n) is 7.13. The van der Waals surface area contributed by atoms with E-state index in [-0.39, 0.29) is 21.5 Å². The van der Waals surface area contributed by atoms with Crippen LogP contribution in [-0.4, -0.2) is 51.8 Å². The van der Waals surface area contributed by atoms with Gasteiger partial charge in [0.05, 0.1) is 44.7 Å². The molecule has 0 saturated heterocycles. The Morgan fingerprint density at radius 1 is 0.719 bits per heavy atom. The molecule has 338 valence electrons. The molecule has 13 heteroatoms. The quantitative estimate of drug-likeness (QED) is 0.0397. The summed E-state index contributed by atoms with van der Waals surface area (Å²) in [5.41, 5.74) is 20.8. The second-order valence-corrected chi connectivity index (χ2v) is 34.6. The molecule has 6 aromatic rings. The summed E-state index contributed by atoms with van der Waals surface area (Å²) in [4.78, 5) is 25.2. The third-order valence-electron chi connectivity index (χ3n) is 10.6. The van der Waals surface area contributed by atoms with Crippen molar-refractivity contribution in [1.29, 1.82) is 0 Å². The second-order valence-electron chi connectivity index (χ2n) is 17.0. The molecule has 9 nitrogen and oxygen atoms in total. The van der Waals surface area contributed by atoms with Crippen molar-refractivity contribution in [1.82, 2.24) is 4.98 Å². The van der Waals surface area contributed by atoms with Gasteiger partial charge in [0, 0.05) is 34.0 Å². The van der Waals surface area contributed by atoms with Crippen LogP contribution < -0.4 is 19.0 Å². The van der Waals surface area contributed by atoms with E-state index in [1.54, 1.807) is 12.1 Å². The van der Waals surface area contributed by atoms with E-state index in [0.717, 1.165) is 58.3 Å². The van der Waals surface area contributed by atoms with Gasteiger partial charge in [-0.1, -0.05) is 72.3 Å². The number of aliphatic imine (C=N–C) groups is 2. The summed E-state index contributed by atoms with van der Waals surface area (Å²) in [7, 11) is -4.02. The molecule has 0 amide bonds. The average Bonchev–Trinajstić information content (AvgIpc) is 3.23. The number of aliphatic hydroxyl groups is 1. The monoisotopic (exact) mass is 1220 g/mol. The summed E-state index contributed by atoms with van der Waals surface area (Å²) in [6.45, 7) is 18.7. The Morgan fingerprint density at radius 3 is 1.80 bits per heavy atom. The molecular formula is C51H56I3N4O5S-.